The van der Waals surface area contributed by atoms with Crippen LogP contribution in [0.3, 0.4) is 0 Å². The number of anilines is 1. The molecule has 0 radical (unpaired) electrons. The van der Waals surface area contributed by atoms with Crippen molar-refractivity contribution in [2.24, 2.45) is 11.7 Å². The number of primary amides is 1. The molecule has 0 aliphatic heterocycles. The minimum absolute atomic E-state index is 0.183. The van der Waals surface area contributed by atoms with Crippen LogP contribution in [0.15, 0.2) is 23.8 Å². The highest BCUT2D eigenvalue weighted by atomic mass is 16.3. The number of aliphatic hydroxyl groups is 1. The van der Waals surface area contributed by atoms with Crippen LogP contribution >= 0.6 is 0 Å². The molecule has 0 bridgehead atoms. The van der Waals surface area contributed by atoms with E-state index in [9.17, 15) is 9.90 Å². The molecule has 0 aromatic carbocycles. The lowest BCUT2D eigenvalue weighted by molar-refractivity contribution is 0.100. The van der Waals surface area contributed by atoms with Crippen LogP contribution in [0.1, 0.15) is 35.5 Å². The van der Waals surface area contributed by atoms with Gasteiger partial charge in [0.1, 0.15) is 11.5 Å². The number of carbonyl (C=O) groups is 1. The number of nitrogen functional groups attached to an aromatic ring is 1. The number of pyridine rings is 1. The molecule has 24 heavy (non-hydrogen) atoms. The van der Waals surface area contributed by atoms with Gasteiger partial charge in [0.05, 0.1) is 11.7 Å². The number of aryl methyl sites for hydroxylation is 2. The lowest BCUT2D eigenvalue weighted by Gasteiger charge is -2.27. The smallest absolute Gasteiger partial charge is 0.253 e. The van der Waals surface area contributed by atoms with E-state index in [0.29, 0.717) is 11.0 Å². The molecule has 0 spiro atoms. The van der Waals surface area contributed by atoms with E-state index in [4.69, 9.17) is 11.5 Å². The Morgan fingerprint density at radius 2 is 2.00 bits per heavy atom. The predicted octanol–water partition coefficient (Wildman–Crippen LogP) is 2.13. The first-order valence-electron chi connectivity index (χ1n) is 7.89. The van der Waals surface area contributed by atoms with Crippen molar-refractivity contribution in [1.29, 1.82) is 0 Å². The Kier molecular flexibility index (Phi) is 3.72. The van der Waals surface area contributed by atoms with Crippen LogP contribution in [0, 0.1) is 19.8 Å². The molecule has 1 aliphatic rings. The minimum atomic E-state index is -0.621. The van der Waals surface area contributed by atoms with E-state index in [1.165, 1.54) is 0 Å². The molecule has 2 atom stereocenters. The third-order valence-corrected chi connectivity index (χ3v) is 4.80. The normalized spacial score (nSPS) is 20.9. The number of carbonyl (C=O) groups excluding carboxylic acids is 1. The molecule has 2 heterocycles. The number of nitrogens with zero attached hydrogens (tertiary/aromatic N) is 2. The van der Waals surface area contributed by atoms with Crippen molar-refractivity contribution in [2.45, 2.75) is 33.8 Å². The number of fused-ring (bicyclic) bond motifs is 1. The molecule has 126 valence electrons. The van der Waals surface area contributed by atoms with Crippen LogP contribution in [-0.4, -0.2) is 26.7 Å². The van der Waals surface area contributed by atoms with Gasteiger partial charge in [-0.2, -0.15) is 0 Å². The highest BCUT2D eigenvalue weighted by Crippen LogP contribution is 2.37. The van der Waals surface area contributed by atoms with Crippen molar-refractivity contribution in [1.82, 2.24) is 9.55 Å². The highest BCUT2D eigenvalue weighted by molar-refractivity contribution is 6.11. The van der Waals surface area contributed by atoms with Gasteiger partial charge in [-0.3, -0.25) is 9.36 Å². The number of rotatable bonds is 2. The maximum atomic E-state index is 12.0. The van der Waals surface area contributed by atoms with Crippen molar-refractivity contribution < 1.29 is 9.90 Å². The van der Waals surface area contributed by atoms with Gasteiger partial charge in [0.2, 0.25) is 0 Å². The number of allylic oxidation sites excluding steroid dienone is 2. The SMILES string of the molecule is CC1=C(n2c(N)c(C(N)=O)c3cc(C)c(C)nc32)[C@H](C)[C@H](O)C=C1. The number of aliphatic hydroxyl groups excluding tert-OH is 1. The minimum Gasteiger partial charge on any atom is -0.388 e. The zero-order valence-electron chi connectivity index (χ0n) is 14.3. The van der Waals surface area contributed by atoms with E-state index in [0.717, 1.165) is 22.5 Å². The zero-order valence-corrected chi connectivity index (χ0v) is 14.3. The number of aromatic nitrogens is 2. The monoisotopic (exact) mass is 326 g/mol. The molecule has 3 rings (SSSR count). The Morgan fingerprint density at radius 3 is 2.62 bits per heavy atom. The summed E-state index contributed by atoms with van der Waals surface area (Å²) in [5.74, 6) is -0.505. The van der Waals surface area contributed by atoms with Crippen LogP contribution in [0.25, 0.3) is 16.7 Å². The lowest BCUT2D eigenvalue weighted by atomic mass is 9.91. The van der Waals surface area contributed by atoms with E-state index in [-0.39, 0.29) is 17.3 Å². The first-order valence-corrected chi connectivity index (χ1v) is 7.89. The Balaban J connectivity index is 2.45. The fourth-order valence-corrected chi connectivity index (χ4v) is 3.31. The Morgan fingerprint density at radius 1 is 1.33 bits per heavy atom. The predicted molar refractivity (Wildman–Crippen MR) is 95.3 cm³/mol. The summed E-state index contributed by atoms with van der Waals surface area (Å²) in [7, 11) is 0. The average molecular weight is 326 g/mol. The van der Waals surface area contributed by atoms with Gasteiger partial charge < -0.3 is 16.6 Å². The molecule has 0 unspecified atom stereocenters. The third kappa shape index (κ3) is 2.22. The Bertz CT molecular complexity index is 921. The second-order valence-corrected chi connectivity index (χ2v) is 6.43. The highest BCUT2D eigenvalue weighted by Gasteiger charge is 2.29. The van der Waals surface area contributed by atoms with E-state index in [2.05, 4.69) is 4.98 Å². The molecule has 2 aromatic rings. The molecule has 0 saturated heterocycles. The summed E-state index contributed by atoms with van der Waals surface area (Å²) < 4.78 is 1.76. The van der Waals surface area contributed by atoms with Gasteiger partial charge in [0, 0.05) is 22.7 Å². The molecular formula is C18H22N4O2. The fraction of sp³-hybridized carbons (Fsp3) is 0.333. The quantitative estimate of drug-likeness (QED) is 0.785. The largest absolute Gasteiger partial charge is 0.388 e. The van der Waals surface area contributed by atoms with Crippen molar-refractivity contribution in [3.8, 4) is 0 Å². The topological polar surface area (TPSA) is 107 Å². The van der Waals surface area contributed by atoms with E-state index in [1.54, 1.807) is 10.6 Å². The molecule has 0 saturated carbocycles. The Hall–Kier alpha value is -2.60. The van der Waals surface area contributed by atoms with Crippen LogP contribution < -0.4 is 11.5 Å². The summed E-state index contributed by atoms with van der Waals surface area (Å²) in [6, 6.07) is 1.89. The molecule has 6 nitrogen and oxygen atoms in total. The van der Waals surface area contributed by atoms with Gasteiger partial charge in [0.25, 0.3) is 5.91 Å². The maximum Gasteiger partial charge on any atom is 0.253 e. The van der Waals surface area contributed by atoms with Gasteiger partial charge in [-0.1, -0.05) is 19.1 Å². The standard InChI is InChI=1S/C18H22N4O2/c1-8-5-6-13(23)10(3)15(8)22-16(19)14(17(20)24)12-7-9(2)11(4)21-18(12)22/h5-7,10,13,23H,19H2,1-4H3,(H2,20,24)/t10-,13-/m1/s1. The zero-order chi connectivity index (χ0) is 17.8. The van der Waals surface area contributed by atoms with E-state index in [1.807, 2.05) is 39.8 Å². The second-order valence-electron chi connectivity index (χ2n) is 6.43. The summed E-state index contributed by atoms with van der Waals surface area (Å²) in [6.07, 6.45) is 2.99. The molecule has 6 heteroatoms. The van der Waals surface area contributed by atoms with E-state index < -0.39 is 12.0 Å². The van der Waals surface area contributed by atoms with Gasteiger partial charge >= 0.3 is 0 Å². The van der Waals surface area contributed by atoms with Crippen LogP contribution in [0.2, 0.25) is 0 Å². The third-order valence-electron chi connectivity index (χ3n) is 4.80. The van der Waals surface area contributed by atoms with Gasteiger partial charge in [-0.05, 0) is 38.0 Å². The van der Waals surface area contributed by atoms with Gasteiger partial charge in [-0.25, -0.2) is 4.98 Å². The van der Waals surface area contributed by atoms with Crippen molar-refractivity contribution in [3.63, 3.8) is 0 Å². The summed E-state index contributed by atoms with van der Waals surface area (Å²) >= 11 is 0. The summed E-state index contributed by atoms with van der Waals surface area (Å²) in [5.41, 5.74) is 16.3. The van der Waals surface area contributed by atoms with E-state index >= 15 is 0 Å². The average Bonchev–Trinajstić information content (AvgIpc) is 2.77. The maximum absolute atomic E-state index is 12.0. The number of nitrogens with two attached hydrogens (primary N) is 2. The van der Waals surface area contributed by atoms with Crippen LogP contribution in [0.4, 0.5) is 5.82 Å². The molecular weight excluding hydrogens is 304 g/mol. The lowest BCUT2D eigenvalue weighted by Crippen LogP contribution is -2.24. The van der Waals surface area contributed by atoms with Gasteiger partial charge in [-0.15, -0.1) is 0 Å². The molecule has 5 N–H and O–H groups in total. The molecule has 1 aliphatic carbocycles. The summed E-state index contributed by atoms with van der Waals surface area (Å²) in [6.45, 7) is 7.71. The first kappa shape index (κ1) is 16.3. The summed E-state index contributed by atoms with van der Waals surface area (Å²) in [5, 5.41) is 10.9. The van der Waals surface area contributed by atoms with Crippen molar-refractivity contribution in [2.75, 3.05) is 5.73 Å². The molecule has 1 amide bonds. The molecule has 2 aromatic heterocycles. The summed E-state index contributed by atoms with van der Waals surface area (Å²) in [4.78, 5) is 16.6. The Labute approximate surface area is 140 Å². The number of hydrogen-bond acceptors (Lipinski definition) is 4. The van der Waals surface area contributed by atoms with Crippen molar-refractivity contribution in [3.05, 3.63) is 40.6 Å². The van der Waals surface area contributed by atoms with Crippen LogP contribution in [0.5, 0.6) is 0 Å². The van der Waals surface area contributed by atoms with Crippen LogP contribution in [-0.2, 0) is 0 Å². The first-order chi connectivity index (χ1) is 11.2. The number of hydrogen-bond donors (Lipinski definition) is 3. The number of amides is 1. The van der Waals surface area contributed by atoms with Crippen molar-refractivity contribution >= 4 is 28.5 Å². The fourth-order valence-electron chi connectivity index (χ4n) is 3.31. The second kappa shape index (κ2) is 5.49. The molecule has 0 fully saturated rings. The van der Waals surface area contributed by atoms with Gasteiger partial charge in [0.15, 0.2) is 0 Å².